The molecule has 80 heavy (non-hydrogen) atoms. The highest BCUT2D eigenvalue weighted by atomic mass is 16.6. The number of hydrogen-bond acceptors (Lipinski definition) is 19. The third-order valence-corrected chi connectivity index (χ3v) is 12.9. The molecule has 0 aromatic heterocycles. The quantitative estimate of drug-likeness (QED) is 0.0464. The van der Waals surface area contributed by atoms with Crippen molar-refractivity contribution >= 4 is 47.7 Å². The highest BCUT2D eigenvalue weighted by Crippen LogP contribution is 2.58. The Balaban J connectivity index is 0.000000328. The standard InChI is InChI=1S/C32H48N2O5.C27H28O11.CO2/c1-8-9-10-11-24(31-28(37-6)20-25(36-5)21-29(31)38-7)19-30(35)33-27-18-23(12-13-26(27)32(2,3)4)22-34-14-16-39-17-15-34;1-8-9-16-12-18-20(27(31)34-7)22(38-24(18)26(21(16)32-5)37-15(4)30)17-10-11-19(35-13(2)28)25(23(17)33-6)36-14(3)29;2-1-3/h12-13,18,20-21,24H,8-11,14-17,19,22H2,1-7H3,(H,33,35);8-12,20,22H,1-7H3;/b;9-8+;. The molecule has 2 heterocycles. The summed E-state index contributed by atoms with van der Waals surface area (Å²) in [6, 6.07) is 14.8. The number of unbranched alkanes of at least 4 members (excludes halogenated alkanes) is 2. The normalized spacial score (nSPS) is 14.9. The minimum absolute atomic E-state index is 0.00885. The largest absolute Gasteiger partial charge is 0.496 e. The molecule has 0 saturated carbocycles. The Hall–Kier alpha value is -7.93. The van der Waals surface area contributed by atoms with Crippen LogP contribution in [0.4, 0.5) is 5.69 Å². The molecule has 6 rings (SSSR count). The molecule has 2 aliphatic heterocycles. The van der Waals surface area contributed by atoms with E-state index in [4.69, 9.17) is 61.7 Å². The second-order valence-corrected chi connectivity index (χ2v) is 19.6. The summed E-state index contributed by atoms with van der Waals surface area (Å²) >= 11 is 0. The Kier molecular flexibility index (Phi) is 25.0. The minimum Gasteiger partial charge on any atom is -0.496 e. The van der Waals surface area contributed by atoms with Crippen molar-refractivity contribution in [2.24, 2.45) is 0 Å². The average Bonchev–Trinajstić information content (AvgIpc) is 4.06. The lowest BCUT2D eigenvalue weighted by molar-refractivity contribution is -0.191. The zero-order chi connectivity index (χ0) is 59.3. The van der Waals surface area contributed by atoms with Crippen LogP contribution >= 0.6 is 0 Å². The number of benzene rings is 4. The fourth-order valence-electron chi connectivity index (χ4n) is 9.53. The first-order valence-electron chi connectivity index (χ1n) is 26.1. The maximum atomic E-state index is 13.7. The number of fused-ring (bicyclic) bond motifs is 1. The highest BCUT2D eigenvalue weighted by Gasteiger charge is 2.47. The summed E-state index contributed by atoms with van der Waals surface area (Å²) < 4.78 is 60.9. The molecule has 3 unspecified atom stereocenters. The molecule has 0 aliphatic carbocycles. The monoisotopic (exact) mass is 1110 g/mol. The van der Waals surface area contributed by atoms with Crippen LogP contribution in [0.25, 0.3) is 6.08 Å². The zero-order valence-corrected chi connectivity index (χ0v) is 48.4. The lowest BCUT2D eigenvalue weighted by atomic mass is 9.84. The number of methoxy groups -OCH3 is 6. The summed E-state index contributed by atoms with van der Waals surface area (Å²) in [6.45, 7) is 18.3. The van der Waals surface area contributed by atoms with Gasteiger partial charge in [-0.25, -0.2) is 0 Å². The van der Waals surface area contributed by atoms with Crippen LogP contribution in [0.5, 0.6) is 51.7 Å². The van der Waals surface area contributed by atoms with E-state index in [0.29, 0.717) is 34.8 Å². The summed E-state index contributed by atoms with van der Waals surface area (Å²) in [4.78, 5) is 81.0. The van der Waals surface area contributed by atoms with Crippen LogP contribution < -0.4 is 47.9 Å². The Morgan fingerprint density at radius 2 is 1.35 bits per heavy atom. The molecule has 434 valence electrons. The van der Waals surface area contributed by atoms with Crippen LogP contribution in [0.15, 0.2) is 54.6 Å². The second-order valence-electron chi connectivity index (χ2n) is 19.6. The molecule has 1 N–H and O–H groups in total. The van der Waals surface area contributed by atoms with Gasteiger partial charge in [0.15, 0.2) is 23.0 Å². The van der Waals surface area contributed by atoms with E-state index in [2.05, 4.69) is 56.1 Å². The molecule has 20 heteroatoms. The van der Waals surface area contributed by atoms with Crippen molar-refractivity contribution in [3.8, 4) is 51.7 Å². The highest BCUT2D eigenvalue weighted by molar-refractivity contribution is 5.93. The number of carbonyl (C=O) groups excluding carboxylic acids is 7. The third-order valence-electron chi connectivity index (χ3n) is 12.9. The number of ether oxygens (including phenoxy) is 11. The van der Waals surface area contributed by atoms with Crippen LogP contribution in [-0.4, -0.2) is 110 Å². The molecule has 4 aromatic rings. The maximum Gasteiger partial charge on any atom is 0.373 e. The molecule has 3 atom stereocenters. The van der Waals surface area contributed by atoms with Gasteiger partial charge < -0.3 is 57.4 Å². The Morgan fingerprint density at radius 1 is 0.738 bits per heavy atom. The van der Waals surface area contributed by atoms with Crippen LogP contribution in [-0.2, 0) is 55.0 Å². The summed E-state index contributed by atoms with van der Waals surface area (Å²) in [5, 5.41) is 3.29. The molecule has 1 fully saturated rings. The van der Waals surface area contributed by atoms with E-state index in [1.165, 1.54) is 59.8 Å². The van der Waals surface area contributed by atoms with Gasteiger partial charge in [-0.2, -0.15) is 9.59 Å². The summed E-state index contributed by atoms with van der Waals surface area (Å²) in [6.07, 6.45) is 7.08. The Bertz CT molecular complexity index is 2830. The Morgan fingerprint density at radius 3 is 1.88 bits per heavy atom. The molecule has 4 aromatic carbocycles. The number of allylic oxidation sites excluding steroid dienone is 1. The topological polar surface area (TPSA) is 236 Å². The van der Waals surface area contributed by atoms with Gasteiger partial charge in [0.2, 0.25) is 17.4 Å². The van der Waals surface area contributed by atoms with Crippen molar-refractivity contribution in [1.82, 2.24) is 4.90 Å². The molecule has 20 nitrogen and oxygen atoms in total. The van der Waals surface area contributed by atoms with E-state index < -0.39 is 35.9 Å². The van der Waals surface area contributed by atoms with Crippen molar-refractivity contribution in [3.63, 3.8) is 0 Å². The van der Waals surface area contributed by atoms with Crippen LogP contribution in [0, 0.1) is 0 Å². The van der Waals surface area contributed by atoms with Gasteiger partial charge in [0.1, 0.15) is 29.3 Å². The molecule has 0 bridgehead atoms. The first-order valence-corrected chi connectivity index (χ1v) is 26.1. The molecular weight excluding hydrogens is 1040 g/mol. The van der Waals surface area contributed by atoms with E-state index in [0.717, 1.165) is 75.3 Å². The number of morpholine rings is 1. The zero-order valence-electron chi connectivity index (χ0n) is 48.4. The minimum atomic E-state index is -1.09. The van der Waals surface area contributed by atoms with Gasteiger partial charge in [0, 0.05) is 86.9 Å². The first-order chi connectivity index (χ1) is 38.2. The van der Waals surface area contributed by atoms with Crippen LogP contribution in [0.2, 0.25) is 0 Å². The maximum absolute atomic E-state index is 13.7. The van der Waals surface area contributed by atoms with Crippen molar-refractivity contribution in [1.29, 1.82) is 0 Å². The van der Waals surface area contributed by atoms with E-state index in [1.54, 1.807) is 46.5 Å². The number of carbonyl (C=O) groups is 5. The van der Waals surface area contributed by atoms with Gasteiger partial charge in [-0.15, -0.1) is 0 Å². The van der Waals surface area contributed by atoms with E-state index in [9.17, 15) is 24.0 Å². The third kappa shape index (κ3) is 17.0. The van der Waals surface area contributed by atoms with Gasteiger partial charge in [-0.05, 0) is 60.1 Å². The van der Waals surface area contributed by atoms with Crippen LogP contribution in [0.3, 0.4) is 0 Å². The molecule has 2 aliphatic rings. The SMILES string of the molecule is C/C=C/c1cc2c(c(OC(C)=O)c1OC)OC(c1ccc(OC(C)=O)c(OC(C)=O)c1OC)C2C(=O)OC.CCCCCC(CC(=O)Nc1cc(CN2CCOCC2)ccc1C(C)(C)C)c1c(OC)cc(OC)cc1OC.O=C=O. The van der Waals surface area contributed by atoms with Gasteiger partial charge in [-0.1, -0.05) is 71.2 Å². The lowest BCUT2D eigenvalue weighted by Gasteiger charge is -2.28. The van der Waals surface area contributed by atoms with Crippen molar-refractivity contribution < 1.29 is 85.7 Å². The van der Waals surface area contributed by atoms with E-state index in [-0.39, 0.29) is 63.5 Å². The molecule has 0 spiro atoms. The fourth-order valence-corrected chi connectivity index (χ4v) is 9.53. The number of nitrogens with one attached hydrogen (secondary N) is 1. The predicted molar refractivity (Wildman–Crippen MR) is 295 cm³/mol. The first kappa shape index (κ1) is 64.6. The van der Waals surface area contributed by atoms with Crippen LogP contribution in [0.1, 0.15) is 139 Å². The Labute approximate surface area is 468 Å². The van der Waals surface area contributed by atoms with Crippen molar-refractivity contribution in [2.75, 3.05) is 74.3 Å². The smallest absolute Gasteiger partial charge is 0.373 e. The van der Waals surface area contributed by atoms with Gasteiger partial charge in [0.25, 0.3) is 0 Å². The number of anilines is 1. The number of nitrogens with zero attached hydrogens (tertiary/aromatic N) is 1. The number of hydrogen-bond donors (Lipinski definition) is 1. The van der Waals surface area contributed by atoms with Gasteiger partial charge in [0.05, 0.1) is 55.9 Å². The summed E-state index contributed by atoms with van der Waals surface area (Å²) in [7, 11) is 8.88. The average molecular weight is 1110 g/mol. The van der Waals surface area contributed by atoms with Gasteiger partial charge in [-0.3, -0.25) is 28.9 Å². The van der Waals surface area contributed by atoms with E-state index in [1.807, 2.05) is 12.1 Å². The lowest BCUT2D eigenvalue weighted by Crippen LogP contribution is -2.35. The fraction of sp³-hybridized carbons (Fsp3) is 0.467. The number of rotatable bonds is 21. The summed E-state index contributed by atoms with van der Waals surface area (Å²) in [5.74, 6) is -1.70. The molecule has 1 amide bonds. The predicted octanol–water partition coefficient (Wildman–Crippen LogP) is 9.85. The van der Waals surface area contributed by atoms with Crippen molar-refractivity contribution in [2.45, 2.75) is 117 Å². The van der Waals surface area contributed by atoms with Crippen molar-refractivity contribution in [3.05, 3.63) is 88.0 Å². The molecule has 0 radical (unpaired) electrons. The summed E-state index contributed by atoms with van der Waals surface area (Å²) in [5.41, 5.74) is 5.19. The second kappa shape index (κ2) is 31.0. The van der Waals surface area contributed by atoms with Gasteiger partial charge >= 0.3 is 30.0 Å². The van der Waals surface area contributed by atoms with E-state index >= 15 is 0 Å². The molecular formula is C60H76N2O18. The molecule has 1 saturated heterocycles. The number of amides is 1. The number of esters is 4.